The molecular formula is C23H18N2O5S. The molecule has 2 heterocycles. The molecular weight excluding hydrogens is 416 g/mol. The van der Waals surface area contributed by atoms with Crippen LogP contribution >= 0.6 is 11.8 Å². The van der Waals surface area contributed by atoms with Crippen LogP contribution in [0.15, 0.2) is 70.5 Å². The topological polar surface area (TPSA) is 85.9 Å². The minimum Gasteiger partial charge on any atom is -0.486 e. The Morgan fingerprint density at radius 1 is 0.903 bits per heavy atom. The van der Waals surface area contributed by atoms with Gasteiger partial charge in [-0.2, -0.15) is 0 Å². The lowest BCUT2D eigenvalue weighted by Crippen LogP contribution is -2.25. The molecule has 2 aliphatic heterocycles. The fourth-order valence-electron chi connectivity index (χ4n) is 3.28. The Kier molecular flexibility index (Phi) is 5.13. The third kappa shape index (κ3) is 4.15. The van der Waals surface area contributed by atoms with Crippen molar-refractivity contribution in [2.75, 3.05) is 30.5 Å². The van der Waals surface area contributed by atoms with Gasteiger partial charge in [0.25, 0.3) is 11.8 Å². The molecule has 2 N–H and O–H groups in total. The summed E-state index contributed by atoms with van der Waals surface area (Å²) in [5.41, 5.74) is 1.59. The lowest BCUT2D eigenvalue weighted by molar-refractivity contribution is -0.118. The Hall–Kier alpha value is -3.65. The molecule has 0 aliphatic carbocycles. The molecule has 156 valence electrons. The highest BCUT2D eigenvalue weighted by atomic mass is 32.2. The molecule has 0 saturated heterocycles. The molecule has 0 atom stereocenters. The second-order valence-corrected chi connectivity index (χ2v) is 8.02. The first-order valence-electron chi connectivity index (χ1n) is 9.70. The maximum Gasteiger partial charge on any atom is 0.262 e. The number of fused-ring (bicyclic) bond motifs is 2. The van der Waals surface area contributed by atoms with Crippen LogP contribution < -0.4 is 24.8 Å². The summed E-state index contributed by atoms with van der Waals surface area (Å²) in [5, 5.41) is 5.69. The van der Waals surface area contributed by atoms with Crippen LogP contribution in [0.25, 0.3) is 0 Å². The molecule has 7 nitrogen and oxygen atoms in total. The number of nitrogens with one attached hydrogen (secondary N) is 2. The van der Waals surface area contributed by atoms with Crippen LogP contribution in [0.3, 0.4) is 0 Å². The van der Waals surface area contributed by atoms with Crippen molar-refractivity contribution < 1.29 is 23.8 Å². The van der Waals surface area contributed by atoms with Crippen molar-refractivity contribution in [3.63, 3.8) is 0 Å². The van der Waals surface area contributed by atoms with E-state index in [9.17, 15) is 9.59 Å². The standard InChI is InChI=1S/C23H18N2O5S/c26-22-13-30-18-10-14(6-7-16(18)24-22)23(27)25-17-11-19-20(29-9-8-28-19)12-21(17)31-15-4-2-1-3-5-15/h1-7,10-12H,8-9,13H2,(H,24,26)(H,25,27). The highest BCUT2D eigenvalue weighted by molar-refractivity contribution is 7.99. The van der Waals surface area contributed by atoms with E-state index in [1.807, 2.05) is 36.4 Å². The largest absolute Gasteiger partial charge is 0.486 e. The highest BCUT2D eigenvalue weighted by Gasteiger charge is 2.21. The predicted octanol–water partition coefficient (Wildman–Crippen LogP) is 4.19. The van der Waals surface area contributed by atoms with Gasteiger partial charge in [-0.1, -0.05) is 30.0 Å². The van der Waals surface area contributed by atoms with Crippen LogP contribution in [-0.2, 0) is 4.79 Å². The summed E-state index contributed by atoms with van der Waals surface area (Å²) in [7, 11) is 0. The molecule has 0 bridgehead atoms. The lowest BCUT2D eigenvalue weighted by Gasteiger charge is -2.21. The average Bonchev–Trinajstić information content (AvgIpc) is 2.79. The zero-order valence-electron chi connectivity index (χ0n) is 16.3. The van der Waals surface area contributed by atoms with Crippen molar-refractivity contribution >= 4 is 35.0 Å². The smallest absolute Gasteiger partial charge is 0.262 e. The summed E-state index contributed by atoms with van der Waals surface area (Å²) in [6, 6.07) is 18.5. The molecule has 3 aromatic rings. The Labute approximate surface area is 182 Å². The maximum absolute atomic E-state index is 13.0. The van der Waals surface area contributed by atoms with Gasteiger partial charge in [0.2, 0.25) is 0 Å². The first kappa shape index (κ1) is 19.3. The first-order chi connectivity index (χ1) is 15.2. The van der Waals surface area contributed by atoms with Gasteiger partial charge in [0.15, 0.2) is 18.1 Å². The third-order valence-electron chi connectivity index (χ3n) is 4.74. The summed E-state index contributed by atoms with van der Waals surface area (Å²) >= 11 is 1.52. The number of rotatable bonds is 4. The van der Waals surface area contributed by atoms with Crippen molar-refractivity contribution in [3.8, 4) is 17.2 Å². The molecule has 2 amide bonds. The van der Waals surface area contributed by atoms with Gasteiger partial charge >= 0.3 is 0 Å². The van der Waals surface area contributed by atoms with E-state index in [-0.39, 0.29) is 18.4 Å². The molecule has 0 aromatic heterocycles. The van der Waals surface area contributed by atoms with Crippen molar-refractivity contribution in [2.45, 2.75) is 9.79 Å². The molecule has 0 saturated carbocycles. The fraction of sp³-hybridized carbons (Fsp3) is 0.130. The number of hydrogen-bond donors (Lipinski definition) is 2. The Bertz CT molecular complexity index is 1170. The van der Waals surface area contributed by atoms with E-state index in [0.29, 0.717) is 47.4 Å². The number of ether oxygens (including phenoxy) is 3. The minimum absolute atomic E-state index is 0.0713. The van der Waals surface area contributed by atoms with Crippen molar-refractivity contribution in [1.29, 1.82) is 0 Å². The van der Waals surface area contributed by atoms with Gasteiger partial charge in [0.05, 0.1) is 11.4 Å². The van der Waals surface area contributed by atoms with Gasteiger partial charge in [-0.05, 0) is 30.3 Å². The summed E-state index contributed by atoms with van der Waals surface area (Å²) in [5.74, 6) is 1.20. The fourth-order valence-corrected chi connectivity index (χ4v) is 4.21. The Balaban J connectivity index is 1.45. The number of benzene rings is 3. The molecule has 31 heavy (non-hydrogen) atoms. The zero-order valence-corrected chi connectivity index (χ0v) is 17.2. The normalized spacial score (nSPS) is 14.1. The van der Waals surface area contributed by atoms with Crippen molar-refractivity contribution in [2.24, 2.45) is 0 Å². The number of carbonyl (C=O) groups excluding carboxylic acids is 2. The molecule has 8 heteroatoms. The maximum atomic E-state index is 13.0. The summed E-state index contributed by atoms with van der Waals surface area (Å²) in [4.78, 5) is 26.3. The molecule has 0 spiro atoms. The highest BCUT2D eigenvalue weighted by Crippen LogP contribution is 2.42. The number of hydrogen-bond acceptors (Lipinski definition) is 6. The SMILES string of the molecule is O=C1COc2cc(C(=O)Nc3cc4c(cc3Sc3ccccc3)OCCO4)ccc2N1. The molecule has 2 aliphatic rings. The van der Waals surface area contributed by atoms with Crippen LogP contribution in [0.4, 0.5) is 11.4 Å². The molecule has 0 unspecified atom stereocenters. The van der Waals surface area contributed by atoms with Gasteiger partial charge in [-0.15, -0.1) is 0 Å². The number of carbonyl (C=O) groups is 2. The van der Waals surface area contributed by atoms with E-state index in [0.717, 1.165) is 9.79 Å². The molecule has 5 rings (SSSR count). The monoisotopic (exact) mass is 434 g/mol. The lowest BCUT2D eigenvalue weighted by atomic mass is 10.1. The summed E-state index contributed by atoms with van der Waals surface area (Å²) < 4.78 is 16.8. The van der Waals surface area contributed by atoms with Crippen LogP contribution in [0.1, 0.15) is 10.4 Å². The van der Waals surface area contributed by atoms with E-state index < -0.39 is 0 Å². The molecule has 0 fully saturated rings. The summed E-state index contributed by atoms with van der Waals surface area (Å²) in [6.45, 7) is 0.872. The predicted molar refractivity (Wildman–Crippen MR) is 117 cm³/mol. The zero-order chi connectivity index (χ0) is 21.2. The van der Waals surface area contributed by atoms with Crippen molar-refractivity contribution in [1.82, 2.24) is 0 Å². The van der Waals surface area contributed by atoms with Gasteiger partial charge in [0.1, 0.15) is 19.0 Å². The second-order valence-electron chi connectivity index (χ2n) is 6.91. The molecule has 3 aromatic carbocycles. The van der Waals surface area contributed by atoms with E-state index in [2.05, 4.69) is 10.6 Å². The number of amides is 2. The average molecular weight is 434 g/mol. The molecule has 0 radical (unpaired) electrons. The van der Waals surface area contributed by atoms with Crippen LogP contribution in [0.2, 0.25) is 0 Å². The second kappa shape index (κ2) is 8.23. The van der Waals surface area contributed by atoms with E-state index in [1.165, 1.54) is 11.8 Å². The van der Waals surface area contributed by atoms with Gasteiger partial charge in [-0.3, -0.25) is 9.59 Å². The quantitative estimate of drug-likeness (QED) is 0.640. The Morgan fingerprint density at radius 3 is 2.48 bits per heavy atom. The first-order valence-corrected chi connectivity index (χ1v) is 10.5. The Morgan fingerprint density at radius 2 is 1.68 bits per heavy atom. The summed E-state index contributed by atoms with van der Waals surface area (Å²) in [6.07, 6.45) is 0. The van der Waals surface area contributed by atoms with Crippen LogP contribution in [0.5, 0.6) is 17.2 Å². The van der Waals surface area contributed by atoms with Gasteiger partial charge in [0, 0.05) is 27.5 Å². The van der Waals surface area contributed by atoms with E-state index >= 15 is 0 Å². The van der Waals surface area contributed by atoms with Crippen LogP contribution in [0, 0.1) is 0 Å². The van der Waals surface area contributed by atoms with E-state index in [1.54, 1.807) is 24.3 Å². The number of anilines is 2. The van der Waals surface area contributed by atoms with Gasteiger partial charge < -0.3 is 24.8 Å². The van der Waals surface area contributed by atoms with Crippen molar-refractivity contribution in [3.05, 3.63) is 66.2 Å². The minimum atomic E-state index is -0.296. The van der Waals surface area contributed by atoms with Gasteiger partial charge in [-0.25, -0.2) is 0 Å². The van der Waals surface area contributed by atoms with E-state index in [4.69, 9.17) is 14.2 Å². The third-order valence-corrected chi connectivity index (χ3v) is 5.81. The van der Waals surface area contributed by atoms with Crippen LogP contribution in [-0.4, -0.2) is 31.6 Å².